The van der Waals surface area contributed by atoms with Crippen LogP contribution in [0.5, 0.6) is 0 Å². The van der Waals surface area contributed by atoms with E-state index in [0.717, 1.165) is 12.2 Å². The lowest BCUT2D eigenvalue weighted by atomic mass is 10.1. The van der Waals surface area contributed by atoms with Crippen molar-refractivity contribution < 1.29 is 5.11 Å². The lowest BCUT2D eigenvalue weighted by molar-refractivity contribution is 0.200. The second kappa shape index (κ2) is 5.74. The monoisotopic (exact) mass is 238 g/mol. The summed E-state index contributed by atoms with van der Waals surface area (Å²) >= 11 is 1.81. The molecule has 0 saturated heterocycles. The van der Waals surface area contributed by atoms with E-state index in [2.05, 4.69) is 52.0 Å². The van der Waals surface area contributed by atoms with Gasteiger partial charge in [0, 0.05) is 10.5 Å². The van der Waals surface area contributed by atoms with Gasteiger partial charge in [0.15, 0.2) is 0 Å². The molecule has 1 N–H and O–H groups in total. The van der Waals surface area contributed by atoms with E-state index in [1.54, 1.807) is 0 Å². The van der Waals surface area contributed by atoms with Gasteiger partial charge in [-0.3, -0.25) is 0 Å². The van der Waals surface area contributed by atoms with Crippen LogP contribution in [0.1, 0.15) is 31.9 Å². The van der Waals surface area contributed by atoms with Crippen LogP contribution >= 0.6 is 11.8 Å². The largest absolute Gasteiger partial charge is 0.392 e. The number of aryl methyl sites for hydroxylation is 1. The quantitative estimate of drug-likeness (QED) is 0.867. The molecule has 2 heteroatoms. The van der Waals surface area contributed by atoms with Crippen molar-refractivity contribution in [3.63, 3.8) is 0 Å². The van der Waals surface area contributed by atoms with E-state index in [1.807, 2.05) is 11.8 Å². The van der Waals surface area contributed by atoms with E-state index in [-0.39, 0.29) is 10.9 Å². The molecule has 0 saturated carbocycles. The number of aliphatic hydroxyl groups excluding tert-OH is 1. The highest BCUT2D eigenvalue weighted by Crippen LogP contribution is 2.24. The molecule has 0 aliphatic carbocycles. The van der Waals surface area contributed by atoms with Gasteiger partial charge < -0.3 is 5.11 Å². The van der Waals surface area contributed by atoms with Gasteiger partial charge in [0.05, 0.1) is 6.10 Å². The van der Waals surface area contributed by atoms with Crippen LogP contribution in [0.4, 0.5) is 0 Å². The minimum atomic E-state index is -0.244. The molecule has 1 aromatic carbocycles. The highest BCUT2D eigenvalue weighted by molar-refractivity contribution is 8.00. The van der Waals surface area contributed by atoms with Crippen molar-refractivity contribution in [1.82, 2.24) is 0 Å². The molecule has 0 bridgehead atoms. The van der Waals surface area contributed by atoms with Gasteiger partial charge in [-0.25, -0.2) is 0 Å². The predicted octanol–water partition coefficient (Wildman–Crippen LogP) is 3.43. The van der Waals surface area contributed by atoms with Crippen molar-refractivity contribution >= 4 is 11.8 Å². The third kappa shape index (κ3) is 5.57. The summed E-state index contributed by atoms with van der Waals surface area (Å²) in [6.07, 6.45) is 0.510. The number of thioether (sulfide) groups is 1. The Labute approximate surface area is 103 Å². The second-order valence-corrected chi connectivity index (χ2v) is 7.11. The number of aliphatic hydroxyl groups is 1. The first-order valence-corrected chi connectivity index (χ1v) is 6.73. The molecule has 0 radical (unpaired) electrons. The van der Waals surface area contributed by atoms with E-state index >= 15 is 0 Å². The molecule has 1 nitrogen and oxygen atoms in total. The van der Waals surface area contributed by atoms with Gasteiger partial charge in [0.2, 0.25) is 0 Å². The molecular formula is C14H22OS. The lowest BCUT2D eigenvalue weighted by Crippen LogP contribution is -2.18. The zero-order chi connectivity index (χ0) is 12.2. The lowest BCUT2D eigenvalue weighted by Gasteiger charge is -2.20. The summed E-state index contributed by atoms with van der Waals surface area (Å²) in [6, 6.07) is 8.39. The van der Waals surface area contributed by atoms with E-state index in [9.17, 15) is 5.11 Å². The van der Waals surface area contributed by atoms with Crippen molar-refractivity contribution in [1.29, 1.82) is 0 Å². The molecule has 1 rings (SSSR count). The number of benzene rings is 1. The smallest absolute Gasteiger partial charge is 0.0671 e. The van der Waals surface area contributed by atoms with Crippen LogP contribution in [-0.2, 0) is 6.42 Å². The Morgan fingerprint density at radius 3 is 2.25 bits per heavy atom. The maximum atomic E-state index is 9.91. The van der Waals surface area contributed by atoms with Crippen LogP contribution in [0.3, 0.4) is 0 Å². The fourth-order valence-electron chi connectivity index (χ4n) is 1.40. The minimum Gasteiger partial charge on any atom is -0.392 e. The summed E-state index contributed by atoms with van der Waals surface area (Å²) in [5.41, 5.74) is 2.48. The first-order valence-electron chi connectivity index (χ1n) is 5.74. The molecule has 0 heterocycles. The first kappa shape index (κ1) is 13.6. The minimum absolute atomic E-state index is 0.230. The van der Waals surface area contributed by atoms with Crippen LogP contribution in [-0.4, -0.2) is 21.7 Å². The average Bonchev–Trinajstić information content (AvgIpc) is 2.18. The summed E-state index contributed by atoms with van der Waals surface area (Å²) in [7, 11) is 0. The summed E-state index contributed by atoms with van der Waals surface area (Å²) in [5.74, 6) is 0.803. The Bertz CT molecular complexity index is 311. The van der Waals surface area contributed by atoms with Crippen molar-refractivity contribution in [3.8, 4) is 0 Å². The highest BCUT2D eigenvalue weighted by atomic mass is 32.2. The molecule has 0 fully saturated rings. The summed E-state index contributed by atoms with van der Waals surface area (Å²) < 4.78 is 0.230. The topological polar surface area (TPSA) is 20.2 Å². The van der Waals surface area contributed by atoms with Gasteiger partial charge in [-0.15, -0.1) is 0 Å². The van der Waals surface area contributed by atoms with Crippen molar-refractivity contribution in [3.05, 3.63) is 35.4 Å². The molecule has 16 heavy (non-hydrogen) atoms. The van der Waals surface area contributed by atoms with E-state index in [4.69, 9.17) is 0 Å². The molecule has 0 aromatic heterocycles. The van der Waals surface area contributed by atoms with Crippen molar-refractivity contribution in [2.75, 3.05) is 5.75 Å². The fraction of sp³-hybridized carbons (Fsp3) is 0.571. The molecule has 0 spiro atoms. The van der Waals surface area contributed by atoms with E-state index in [0.29, 0.717) is 0 Å². The Morgan fingerprint density at radius 1 is 1.19 bits per heavy atom. The zero-order valence-electron chi connectivity index (χ0n) is 10.7. The molecule has 1 unspecified atom stereocenters. The van der Waals surface area contributed by atoms with E-state index in [1.165, 1.54) is 11.1 Å². The van der Waals surface area contributed by atoms with Crippen molar-refractivity contribution in [2.45, 2.75) is 45.0 Å². The molecule has 90 valence electrons. The third-order valence-corrected chi connectivity index (χ3v) is 3.72. The first-order chi connectivity index (χ1) is 7.37. The fourth-order valence-corrected chi connectivity index (χ4v) is 2.21. The van der Waals surface area contributed by atoms with E-state index < -0.39 is 0 Å². The van der Waals surface area contributed by atoms with Gasteiger partial charge in [0.1, 0.15) is 0 Å². The molecule has 0 aliphatic heterocycles. The SMILES string of the molecule is Cc1ccc(CC(O)CSC(C)(C)C)cc1. The summed E-state index contributed by atoms with van der Waals surface area (Å²) in [4.78, 5) is 0. The number of rotatable bonds is 4. The van der Waals surface area contributed by atoms with Crippen LogP contribution in [0, 0.1) is 6.92 Å². The Kier molecular flexibility index (Phi) is 4.88. The van der Waals surface area contributed by atoms with Crippen molar-refractivity contribution in [2.24, 2.45) is 0 Å². The Balaban J connectivity index is 2.39. The van der Waals surface area contributed by atoms with Crippen LogP contribution in [0.15, 0.2) is 24.3 Å². The van der Waals surface area contributed by atoms with Gasteiger partial charge in [-0.2, -0.15) is 11.8 Å². The number of hydrogen-bond donors (Lipinski definition) is 1. The maximum absolute atomic E-state index is 9.91. The number of hydrogen-bond acceptors (Lipinski definition) is 2. The van der Waals surface area contributed by atoms with Gasteiger partial charge in [-0.1, -0.05) is 50.6 Å². The third-order valence-electron chi connectivity index (χ3n) is 2.30. The van der Waals surface area contributed by atoms with Gasteiger partial charge >= 0.3 is 0 Å². The Hall–Kier alpha value is -0.470. The zero-order valence-corrected chi connectivity index (χ0v) is 11.5. The standard InChI is InChI=1S/C14H22OS/c1-11-5-7-12(8-6-11)9-13(15)10-16-14(2,3)4/h5-8,13,15H,9-10H2,1-4H3. The van der Waals surface area contributed by atoms with Crippen LogP contribution in [0.25, 0.3) is 0 Å². The highest BCUT2D eigenvalue weighted by Gasteiger charge is 2.14. The maximum Gasteiger partial charge on any atom is 0.0671 e. The summed E-state index contributed by atoms with van der Waals surface area (Å²) in [5, 5.41) is 9.91. The molecule has 0 amide bonds. The molecule has 1 atom stereocenters. The molecule has 1 aromatic rings. The Morgan fingerprint density at radius 2 is 1.75 bits per heavy atom. The van der Waals surface area contributed by atoms with Crippen LogP contribution in [0.2, 0.25) is 0 Å². The average molecular weight is 238 g/mol. The second-order valence-electron chi connectivity index (χ2n) is 5.27. The van der Waals surface area contributed by atoms with Crippen LogP contribution < -0.4 is 0 Å². The normalized spacial score (nSPS) is 13.8. The van der Waals surface area contributed by atoms with Gasteiger partial charge in [0.25, 0.3) is 0 Å². The summed E-state index contributed by atoms with van der Waals surface area (Å²) in [6.45, 7) is 8.61. The molecule has 0 aliphatic rings. The molecular weight excluding hydrogens is 216 g/mol. The van der Waals surface area contributed by atoms with Gasteiger partial charge in [-0.05, 0) is 18.9 Å². The predicted molar refractivity (Wildman–Crippen MR) is 73.1 cm³/mol.